The van der Waals surface area contributed by atoms with Gasteiger partial charge in [0.2, 0.25) is 0 Å². The van der Waals surface area contributed by atoms with Crippen molar-refractivity contribution in [3.63, 3.8) is 0 Å². The molecule has 1 amide bonds. The third kappa shape index (κ3) is 2.51. The van der Waals surface area contributed by atoms with Gasteiger partial charge in [0.05, 0.1) is 10.2 Å². The highest BCUT2D eigenvalue weighted by Crippen LogP contribution is 2.25. The average molecular weight is 325 g/mol. The second kappa shape index (κ2) is 5.74. The molecule has 1 aromatic carbocycles. The van der Waals surface area contributed by atoms with Gasteiger partial charge in [0.1, 0.15) is 5.69 Å². The van der Waals surface area contributed by atoms with Crippen LogP contribution in [0.25, 0.3) is 10.2 Å². The fraction of sp³-hybridized carbons (Fsp3) is 0.278. The lowest BCUT2D eigenvalue weighted by Gasteiger charge is -2.36. The van der Waals surface area contributed by atoms with E-state index in [0.717, 1.165) is 37.4 Å². The molecule has 0 aliphatic carbocycles. The Labute approximate surface area is 139 Å². The molecule has 5 heteroatoms. The number of benzene rings is 1. The number of hydrogen-bond donors (Lipinski definition) is 0. The maximum absolute atomic E-state index is 12.8. The summed E-state index contributed by atoms with van der Waals surface area (Å²) < 4.78 is 3.19. The van der Waals surface area contributed by atoms with Crippen LogP contribution in [0.15, 0.2) is 47.8 Å². The van der Waals surface area contributed by atoms with E-state index < -0.39 is 0 Å². The van der Waals surface area contributed by atoms with Crippen molar-refractivity contribution in [2.24, 2.45) is 7.05 Å². The van der Waals surface area contributed by atoms with Crippen LogP contribution in [0.3, 0.4) is 0 Å². The smallest absolute Gasteiger partial charge is 0.270 e. The first kappa shape index (κ1) is 14.3. The number of hydrogen-bond acceptors (Lipinski definition) is 3. The molecule has 4 nitrogen and oxygen atoms in total. The van der Waals surface area contributed by atoms with E-state index in [1.54, 1.807) is 11.3 Å². The molecule has 1 saturated heterocycles. The van der Waals surface area contributed by atoms with Gasteiger partial charge in [-0.2, -0.15) is 0 Å². The quantitative estimate of drug-likeness (QED) is 0.724. The Hall–Kier alpha value is -2.27. The lowest BCUT2D eigenvalue weighted by atomic mass is 10.2. The predicted octanol–water partition coefficient (Wildman–Crippen LogP) is 3.20. The van der Waals surface area contributed by atoms with Crippen LogP contribution in [0.2, 0.25) is 0 Å². The van der Waals surface area contributed by atoms with Crippen molar-refractivity contribution in [1.82, 2.24) is 9.47 Å². The number of amides is 1. The molecule has 4 rings (SSSR count). The zero-order valence-corrected chi connectivity index (χ0v) is 13.9. The number of para-hydroxylation sites is 1. The first-order chi connectivity index (χ1) is 11.2. The average Bonchev–Trinajstić information content (AvgIpc) is 3.18. The predicted molar refractivity (Wildman–Crippen MR) is 95.4 cm³/mol. The number of aromatic nitrogens is 1. The van der Waals surface area contributed by atoms with Gasteiger partial charge in [0.25, 0.3) is 5.91 Å². The van der Waals surface area contributed by atoms with Crippen molar-refractivity contribution in [2.75, 3.05) is 31.1 Å². The van der Waals surface area contributed by atoms with E-state index >= 15 is 0 Å². The van der Waals surface area contributed by atoms with Crippen LogP contribution in [-0.2, 0) is 7.05 Å². The Kier molecular flexibility index (Phi) is 3.58. The Morgan fingerprint density at radius 1 is 1.04 bits per heavy atom. The lowest BCUT2D eigenvalue weighted by Crippen LogP contribution is -2.49. The first-order valence-electron chi connectivity index (χ1n) is 7.86. The first-order valence-corrected chi connectivity index (χ1v) is 8.74. The molecule has 0 bridgehead atoms. The minimum Gasteiger partial charge on any atom is -0.368 e. The van der Waals surface area contributed by atoms with Crippen molar-refractivity contribution in [2.45, 2.75) is 0 Å². The van der Waals surface area contributed by atoms with Gasteiger partial charge in [0.15, 0.2) is 0 Å². The molecular formula is C18H19N3OS. The molecule has 2 aromatic heterocycles. The van der Waals surface area contributed by atoms with E-state index in [4.69, 9.17) is 0 Å². The highest BCUT2D eigenvalue weighted by molar-refractivity contribution is 7.17. The van der Waals surface area contributed by atoms with E-state index in [1.807, 2.05) is 28.6 Å². The molecule has 0 unspecified atom stereocenters. The molecule has 1 aliphatic rings. The summed E-state index contributed by atoms with van der Waals surface area (Å²) in [6.45, 7) is 3.31. The third-order valence-electron chi connectivity index (χ3n) is 4.57. The molecule has 0 radical (unpaired) electrons. The number of carbonyl (C=O) groups excluding carboxylic acids is 1. The number of piperazine rings is 1. The third-order valence-corrected chi connectivity index (χ3v) is 5.42. The van der Waals surface area contributed by atoms with Crippen LogP contribution in [-0.4, -0.2) is 41.6 Å². The number of nitrogens with zero attached hydrogens (tertiary/aromatic N) is 3. The van der Waals surface area contributed by atoms with Crippen molar-refractivity contribution < 1.29 is 4.79 Å². The maximum Gasteiger partial charge on any atom is 0.270 e. The summed E-state index contributed by atoms with van der Waals surface area (Å²) in [4.78, 5) is 17.1. The van der Waals surface area contributed by atoms with E-state index in [0.29, 0.717) is 0 Å². The summed E-state index contributed by atoms with van der Waals surface area (Å²) in [5.74, 6) is 0.142. The molecule has 0 N–H and O–H groups in total. The summed E-state index contributed by atoms with van der Waals surface area (Å²) in [5.41, 5.74) is 3.17. The van der Waals surface area contributed by atoms with Gasteiger partial charge in [-0.15, -0.1) is 11.3 Å². The SMILES string of the molecule is Cn1c(C(=O)N2CCN(c3ccccc3)CC2)cc2sccc21. The fourth-order valence-corrected chi connectivity index (χ4v) is 4.07. The molecule has 1 aliphatic heterocycles. The van der Waals surface area contributed by atoms with Crippen LogP contribution in [0.1, 0.15) is 10.5 Å². The monoisotopic (exact) mass is 325 g/mol. The Balaban J connectivity index is 1.48. The van der Waals surface area contributed by atoms with Crippen LogP contribution in [0.4, 0.5) is 5.69 Å². The number of carbonyl (C=O) groups is 1. The van der Waals surface area contributed by atoms with Crippen LogP contribution in [0.5, 0.6) is 0 Å². The second-order valence-corrected chi connectivity index (χ2v) is 6.82. The van der Waals surface area contributed by atoms with Crippen molar-refractivity contribution in [3.05, 3.63) is 53.5 Å². The molecule has 118 valence electrons. The number of anilines is 1. The number of aryl methyl sites for hydroxylation is 1. The Morgan fingerprint density at radius 2 is 1.78 bits per heavy atom. The lowest BCUT2D eigenvalue weighted by molar-refractivity contribution is 0.0737. The fourth-order valence-electron chi connectivity index (χ4n) is 3.22. The number of thiophene rings is 1. The van der Waals surface area contributed by atoms with E-state index in [1.165, 1.54) is 10.4 Å². The molecule has 3 heterocycles. The minimum atomic E-state index is 0.142. The maximum atomic E-state index is 12.8. The summed E-state index contributed by atoms with van der Waals surface area (Å²) in [5, 5.41) is 2.07. The number of rotatable bonds is 2. The molecule has 0 spiro atoms. The van der Waals surface area contributed by atoms with Gasteiger partial charge in [-0.1, -0.05) is 18.2 Å². The molecule has 0 atom stereocenters. The summed E-state index contributed by atoms with van der Waals surface area (Å²) in [6.07, 6.45) is 0. The van der Waals surface area contributed by atoms with Crippen LogP contribution >= 0.6 is 11.3 Å². The molecule has 23 heavy (non-hydrogen) atoms. The highest BCUT2D eigenvalue weighted by atomic mass is 32.1. The van der Waals surface area contributed by atoms with Gasteiger partial charge in [-0.25, -0.2) is 0 Å². The molecule has 0 saturated carbocycles. The number of fused-ring (bicyclic) bond motifs is 1. The van der Waals surface area contributed by atoms with E-state index in [9.17, 15) is 4.79 Å². The zero-order valence-electron chi connectivity index (χ0n) is 13.1. The van der Waals surface area contributed by atoms with Gasteiger partial charge in [0, 0.05) is 38.9 Å². The zero-order chi connectivity index (χ0) is 15.8. The van der Waals surface area contributed by atoms with Crippen LogP contribution in [0, 0.1) is 0 Å². The van der Waals surface area contributed by atoms with E-state index in [2.05, 4.69) is 40.6 Å². The normalized spacial score (nSPS) is 15.3. The Bertz CT molecular complexity index is 828. The van der Waals surface area contributed by atoms with Crippen molar-refractivity contribution >= 4 is 33.1 Å². The standard InChI is InChI=1S/C18H19N3OS/c1-19-15-7-12-23-17(15)13-16(19)18(22)21-10-8-20(9-11-21)14-5-3-2-4-6-14/h2-7,12-13H,8-11H2,1H3. The van der Waals surface area contributed by atoms with Gasteiger partial charge < -0.3 is 14.4 Å². The van der Waals surface area contributed by atoms with Crippen molar-refractivity contribution in [3.8, 4) is 0 Å². The highest BCUT2D eigenvalue weighted by Gasteiger charge is 2.24. The summed E-state index contributed by atoms with van der Waals surface area (Å²) in [7, 11) is 1.97. The molecule has 3 aromatic rings. The van der Waals surface area contributed by atoms with Crippen LogP contribution < -0.4 is 4.90 Å². The minimum absolute atomic E-state index is 0.142. The van der Waals surface area contributed by atoms with Gasteiger partial charge in [-0.05, 0) is 29.6 Å². The van der Waals surface area contributed by atoms with Gasteiger partial charge >= 0.3 is 0 Å². The topological polar surface area (TPSA) is 28.5 Å². The van der Waals surface area contributed by atoms with Gasteiger partial charge in [-0.3, -0.25) is 4.79 Å². The van der Waals surface area contributed by atoms with E-state index in [-0.39, 0.29) is 5.91 Å². The largest absolute Gasteiger partial charge is 0.368 e. The molecule has 1 fully saturated rings. The second-order valence-electron chi connectivity index (χ2n) is 5.87. The molecular weight excluding hydrogens is 306 g/mol. The van der Waals surface area contributed by atoms with Crippen molar-refractivity contribution in [1.29, 1.82) is 0 Å². The summed E-state index contributed by atoms with van der Waals surface area (Å²) in [6, 6.07) is 14.5. The summed E-state index contributed by atoms with van der Waals surface area (Å²) >= 11 is 1.68. The Morgan fingerprint density at radius 3 is 2.48 bits per heavy atom.